The van der Waals surface area contributed by atoms with E-state index in [0.717, 1.165) is 33.3 Å². The summed E-state index contributed by atoms with van der Waals surface area (Å²) in [6.07, 6.45) is 0. The van der Waals surface area contributed by atoms with Gasteiger partial charge in [0.15, 0.2) is 5.58 Å². The van der Waals surface area contributed by atoms with Gasteiger partial charge in [-0.25, -0.2) is 0 Å². The van der Waals surface area contributed by atoms with Crippen LogP contribution < -0.4 is 5.73 Å². The fraction of sp³-hybridized carbons (Fsp3) is 0.0800. The molecular formula is C25H18N4O2. The first kappa shape index (κ1) is 18.6. The number of nitrogens with two attached hydrogens (primary N) is 1. The van der Waals surface area contributed by atoms with Crippen LogP contribution in [0.25, 0.3) is 33.4 Å². The highest BCUT2D eigenvalue weighted by Gasteiger charge is 2.32. The molecule has 5 rings (SSSR count). The second-order valence-corrected chi connectivity index (χ2v) is 7.54. The van der Waals surface area contributed by atoms with Crippen molar-refractivity contribution in [1.82, 2.24) is 10.1 Å². The molecule has 1 amide bonds. The summed E-state index contributed by atoms with van der Waals surface area (Å²) in [5.74, 6) is -0.179. The average molecular weight is 406 g/mol. The van der Waals surface area contributed by atoms with Crippen LogP contribution in [0, 0.1) is 11.3 Å². The third kappa shape index (κ3) is 3.04. The highest BCUT2D eigenvalue weighted by molar-refractivity contribution is 6.06. The zero-order valence-electron chi connectivity index (χ0n) is 16.6. The lowest BCUT2D eigenvalue weighted by Crippen LogP contribution is -2.26. The zero-order chi connectivity index (χ0) is 21.5. The molecule has 0 unspecified atom stereocenters. The van der Waals surface area contributed by atoms with Gasteiger partial charge in [0, 0.05) is 23.4 Å². The molecule has 0 fully saturated rings. The summed E-state index contributed by atoms with van der Waals surface area (Å²) in [5, 5.41) is 14.2. The van der Waals surface area contributed by atoms with Gasteiger partial charge in [0.25, 0.3) is 5.91 Å². The Morgan fingerprint density at radius 2 is 1.97 bits per heavy atom. The summed E-state index contributed by atoms with van der Waals surface area (Å²) in [5.41, 5.74) is 12.6. The lowest BCUT2D eigenvalue weighted by atomic mass is 9.94. The predicted molar refractivity (Wildman–Crippen MR) is 119 cm³/mol. The van der Waals surface area contributed by atoms with Gasteiger partial charge in [0.05, 0.1) is 23.6 Å². The molecule has 3 aromatic carbocycles. The van der Waals surface area contributed by atoms with Gasteiger partial charge in [-0.3, -0.25) is 4.79 Å². The van der Waals surface area contributed by atoms with Gasteiger partial charge in [0.1, 0.15) is 5.69 Å². The molecule has 1 aromatic heterocycles. The van der Waals surface area contributed by atoms with Gasteiger partial charge in [-0.15, -0.1) is 0 Å². The molecule has 0 saturated heterocycles. The molecule has 1 aliphatic rings. The maximum atomic E-state index is 12.9. The number of fused-ring (bicyclic) bond motifs is 2. The number of aromatic nitrogens is 1. The Morgan fingerprint density at radius 1 is 1.16 bits per heavy atom. The topological polar surface area (TPSA) is 96.2 Å². The number of carbonyl (C=O) groups is 1. The van der Waals surface area contributed by atoms with Crippen molar-refractivity contribution in [2.24, 2.45) is 0 Å². The summed E-state index contributed by atoms with van der Waals surface area (Å²) in [6.45, 7) is 4.26. The molecule has 6 nitrogen and oxygen atoms in total. The summed E-state index contributed by atoms with van der Waals surface area (Å²) < 4.78 is 5.52. The summed E-state index contributed by atoms with van der Waals surface area (Å²) in [7, 11) is 0. The third-order valence-electron chi connectivity index (χ3n) is 5.56. The summed E-state index contributed by atoms with van der Waals surface area (Å²) in [4.78, 5) is 14.5. The number of rotatable bonds is 4. The van der Waals surface area contributed by atoms with Crippen molar-refractivity contribution in [1.29, 1.82) is 5.26 Å². The number of benzene rings is 3. The number of nitriles is 1. The number of hydrogen-bond donors (Lipinski definition) is 1. The molecule has 0 bridgehead atoms. The van der Waals surface area contributed by atoms with Gasteiger partial charge in [-0.05, 0) is 34.9 Å². The van der Waals surface area contributed by atoms with E-state index in [9.17, 15) is 4.79 Å². The molecular weight excluding hydrogens is 388 g/mol. The Balaban J connectivity index is 1.62. The SMILES string of the molecule is C=C(C#N)CN1Cc2c(-c3ccc4onc(-c5ccccc5)c4c3)ccc(N)c2C1=O. The van der Waals surface area contributed by atoms with E-state index in [1.54, 1.807) is 11.0 Å². The van der Waals surface area contributed by atoms with Gasteiger partial charge >= 0.3 is 0 Å². The van der Waals surface area contributed by atoms with Crippen molar-refractivity contribution in [3.05, 3.63) is 83.9 Å². The van der Waals surface area contributed by atoms with E-state index in [4.69, 9.17) is 15.5 Å². The first-order valence-corrected chi connectivity index (χ1v) is 9.80. The number of nitrogens with zero attached hydrogens (tertiary/aromatic N) is 3. The van der Waals surface area contributed by atoms with Crippen molar-refractivity contribution in [2.75, 3.05) is 12.3 Å². The molecule has 0 aliphatic carbocycles. The molecule has 0 atom stereocenters. The Hall–Kier alpha value is -4.37. The standard InChI is InChI=1S/C25H18N4O2/c1-15(12-26)13-29-14-20-18(8-9-21(27)23(20)25(29)30)17-7-10-22-19(11-17)24(28-31-22)16-5-3-2-4-6-16/h2-11H,1,13-14,27H2. The van der Waals surface area contributed by atoms with Crippen LogP contribution in [0.5, 0.6) is 0 Å². The average Bonchev–Trinajstić information content (AvgIpc) is 3.36. The molecule has 0 radical (unpaired) electrons. The molecule has 1 aliphatic heterocycles. The lowest BCUT2D eigenvalue weighted by Gasteiger charge is -2.14. The Kier molecular flexibility index (Phi) is 4.30. The molecule has 4 aromatic rings. The van der Waals surface area contributed by atoms with E-state index in [0.29, 0.717) is 29.0 Å². The van der Waals surface area contributed by atoms with E-state index < -0.39 is 0 Å². The number of carbonyl (C=O) groups excluding carboxylic acids is 1. The van der Waals surface area contributed by atoms with E-state index in [1.165, 1.54) is 0 Å². The third-order valence-corrected chi connectivity index (χ3v) is 5.56. The fourth-order valence-corrected chi connectivity index (χ4v) is 4.08. The van der Waals surface area contributed by atoms with Crippen LogP contribution in [0.15, 0.2) is 77.3 Å². The minimum atomic E-state index is -0.179. The lowest BCUT2D eigenvalue weighted by molar-refractivity contribution is 0.0794. The minimum Gasteiger partial charge on any atom is -0.398 e. The van der Waals surface area contributed by atoms with E-state index in [2.05, 4.69) is 11.7 Å². The highest BCUT2D eigenvalue weighted by Crippen LogP contribution is 2.38. The van der Waals surface area contributed by atoms with E-state index in [-0.39, 0.29) is 12.5 Å². The van der Waals surface area contributed by atoms with Crippen LogP contribution in [0.2, 0.25) is 0 Å². The van der Waals surface area contributed by atoms with Gasteiger partial charge in [-0.1, -0.05) is 54.2 Å². The van der Waals surface area contributed by atoms with Crippen LogP contribution >= 0.6 is 0 Å². The second kappa shape index (κ2) is 7.15. The number of anilines is 1. The Morgan fingerprint density at radius 3 is 2.74 bits per heavy atom. The van der Waals surface area contributed by atoms with Crippen molar-refractivity contribution in [2.45, 2.75) is 6.54 Å². The molecule has 0 spiro atoms. The largest absolute Gasteiger partial charge is 0.398 e. The maximum Gasteiger partial charge on any atom is 0.256 e. The van der Waals surface area contributed by atoms with Crippen molar-refractivity contribution in [3.8, 4) is 28.5 Å². The monoisotopic (exact) mass is 406 g/mol. The molecule has 2 heterocycles. The van der Waals surface area contributed by atoms with E-state index >= 15 is 0 Å². The molecule has 150 valence electrons. The summed E-state index contributed by atoms with van der Waals surface area (Å²) >= 11 is 0. The minimum absolute atomic E-state index is 0.179. The van der Waals surface area contributed by atoms with Crippen LogP contribution in [0.3, 0.4) is 0 Å². The normalized spacial score (nSPS) is 12.7. The van der Waals surface area contributed by atoms with Gasteiger partial charge in [-0.2, -0.15) is 5.26 Å². The first-order valence-electron chi connectivity index (χ1n) is 9.80. The molecule has 6 heteroatoms. The highest BCUT2D eigenvalue weighted by atomic mass is 16.5. The zero-order valence-corrected chi connectivity index (χ0v) is 16.6. The smallest absolute Gasteiger partial charge is 0.256 e. The predicted octanol–water partition coefficient (Wildman–Crippen LogP) is 4.78. The van der Waals surface area contributed by atoms with Crippen LogP contribution in [-0.2, 0) is 6.54 Å². The summed E-state index contributed by atoms with van der Waals surface area (Å²) in [6, 6.07) is 21.4. The number of nitrogen functional groups attached to an aromatic ring is 1. The second-order valence-electron chi connectivity index (χ2n) is 7.54. The Bertz CT molecular complexity index is 1400. The Labute approximate surface area is 178 Å². The maximum absolute atomic E-state index is 12.9. The number of hydrogen-bond acceptors (Lipinski definition) is 5. The fourth-order valence-electron chi connectivity index (χ4n) is 4.08. The quantitative estimate of drug-likeness (QED) is 0.389. The van der Waals surface area contributed by atoms with Crippen LogP contribution in [0.4, 0.5) is 5.69 Å². The van der Waals surface area contributed by atoms with Crippen LogP contribution in [-0.4, -0.2) is 22.5 Å². The van der Waals surface area contributed by atoms with Crippen LogP contribution in [0.1, 0.15) is 15.9 Å². The first-order chi connectivity index (χ1) is 15.1. The van der Waals surface area contributed by atoms with Crippen molar-refractivity contribution < 1.29 is 9.32 Å². The van der Waals surface area contributed by atoms with Crippen molar-refractivity contribution >= 4 is 22.6 Å². The van der Waals surface area contributed by atoms with Gasteiger partial charge < -0.3 is 15.2 Å². The molecule has 0 saturated carbocycles. The molecule has 31 heavy (non-hydrogen) atoms. The van der Waals surface area contributed by atoms with E-state index in [1.807, 2.05) is 60.7 Å². The number of amides is 1. The van der Waals surface area contributed by atoms with Crippen molar-refractivity contribution in [3.63, 3.8) is 0 Å². The van der Waals surface area contributed by atoms with Gasteiger partial charge in [0.2, 0.25) is 0 Å². The molecule has 2 N–H and O–H groups in total.